The normalized spacial score (nSPS) is 9.53. The van der Waals surface area contributed by atoms with Crippen LogP contribution in [-0.2, 0) is 7.05 Å². The van der Waals surface area contributed by atoms with Crippen LogP contribution in [0.1, 0.15) is 13.8 Å². The highest BCUT2D eigenvalue weighted by atomic mass is 16.2. The van der Waals surface area contributed by atoms with Crippen LogP contribution in [0.4, 0.5) is 0 Å². The second-order valence-electron chi connectivity index (χ2n) is 2.71. The number of nitrogens with one attached hydrogen (secondary N) is 1. The van der Waals surface area contributed by atoms with Gasteiger partial charge in [0.25, 0.3) is 5.56 Å². The van der Waals surface area contributed by atoms with E-state index in [0.29, 0.717) is 10.9 Å². The summed E-state index contributed by atoms with van der Waals surface area (Å²) in [5, 5.41) is 0.470. The van der Waals surface area contributed by atoms with E-state index < -0.39 is 5.69 Å². The van der Waals surface area contributed by atoms with Gasteiger partial charge in [0.15, 0.2) is 0 Å². The van der Waals surface area contributed by atoms with E-state index in [0.717, 1.165) is 0 Å². The lowest BCUT2D eigenvalue weighted by molar-refractivity contribution is 0.840. The lowest BCUT2D eigenvalue weighted by Crippen LogP contribution is -2.28. The Bertz CT molecular complexity index is 569. The number of aromatic nitrogens is 3. The van der Waals surface area contributed by atoms with Gasteiger partial charge in [-0.25, -0.2) is 4.79 Å². The summed E-state index contributed by atoms with van der Waals surface area (Å²) in [6.45, 7) is 4.00. The lowest BCUT2D eigenvalue weighted by Gasteiger charge is -2.00. The predicted octanol–water partition coefficient (Wildman–Crippen LogP) is 0.648. The number of rotatable bonds is 0. The van der Waals surface area contributed by atoms with Gasteiger partial charge in [0, 0.05) is 13.2 Å². The topological polar surface area (TPSA) is 67.8 Å². The molecule has 2 aromatic heterocycles. The molecule has 2 rings (SSSR count). The molecule has 0 aliphatic heterocycles. The number of pyridine rings is 1. The molecule has 80 valence electrons. The molecule has 0 bridgehead atoms. The summed E-state index contributed by atoms with van der Waals surface area (Å²) in [5.41, 5.74) is -0.262. The van der Waals surface area contributed by atoms with E-state index in [4.69, 9.17) is 0 Å². The molecule has 0 fully saturated rings. The van der Waals surface area contributed by atoms with E-state index in [1.54, 1.807) is 13.1 Å². The van der Waals surface area contributed by atoms with Crippen molar-refractivity contribution >= 4 is 10.9 Å². The molecule has 15 heavy (non-hydrogen) atoms. The number of hydrogen-bond acceptors (Lipinski definition) is 3. The number of aryl methyl sites for hydroxylation is 1. The fourth-order valence-corrected chi connectivity index (χ4v) is 1.20. The molecule has 0 saturated heterocycles. The predicted molar refractivity (Wildman–Crippen MR) is 59.0 cm³/mol. The van der Waals surface area contributed by atoms with Gasteiger partial charge < -0.3 is 0 Å². The molecule has 0 aliphatic rings. The van der Waals surface area contributed by atoms with Gasteiger partial charge in [-0.05, 0) is 6.07 Å². The first kappa shape index (κ1) is 11.2. The first-order valence-electron chi connectivity index (χ1n) is 4.73. The number of hydrogen-bond donors (Lipinski definition) is 1. The Hall–Kier alpha value is -1.91. The fraction of sp³-hybridized carbons (Fsp3) is 0.300. The minimum atomic E-state index is -0.425. The monoisotopic (exact) mass is 207 g/mol. The first-order valence-corrected chi connectivity index (χ1v) is 4.73. The summed E-state index contributed by atoms with van der Waals surface area (Å²) >= 11 is 0. The fourth-order valence-electron chi connectivity index (χ4n) is 1.20. The van der Waals surface area contributed by atoms with E-state index in [2.05, 4.69) is 9.97 Å². The zero-order valence-corrected chi connectivity index (χ0v) is 8.94. The molecule has 0 aromatic carbocycles. The molecule has 2 aromatic rings. The van der Waals surface area contributed by atoms with Crippen LogP contribution >= 0.6 is 0 Å². The zero-order valence-electron chi connectivity index (χ0n) is 8.94. The van der Waals surface area contributed by atoms with Crippen LogP contribution in [0.3, 0.4) is 0 Å². The van der Waals surface area contributed by atoms with Crippen LogP contribution in [0, 0.1) is 0 Å². The molecule has 5 heteroatoms. The summed E-state index contributed by atoms with van der Waals surface area (Å²) in [6, 6.07) is 1.58. The van der Waals surface area contributed by atoms with Gasteiger partial charge >= 0.3 is 5.69 Å². The van der Waals surface area contributed by atoms with Crippen LogP contribution in [-0.4, -0.2) is 14.5 Å². The van der Waals surface area contributed by atoms with Crippen molar-refractivity contribution in [1.29, 1.82) is 0 Å². The number of nitrogens with zero attached hydrogens (tertiary/aromatic N) is 2. The second kappa shape index (κ2) is 4.54. The van der Waals surface area contributed by atoms with Gasteiger partial charge in [0.1, 0.15) is 0 Å². The van der Waals surface area contributed by atoms with Gasteiger partial charge in [-0.2, -0.15) is 0 Å². The van der Waals surface area contributed by atoms with Crippen molar-refractivity contribution in [3.05, 3.63) is 39.3 Å². The molecule has 5 nitrogen and oxygen atoms in total. The average Bonchev–Trinajstić information content (AvgIpc) is 2.29. The van der Waals surface area contributed by atoms with Crippen molar-refractivity contribution in [1.82, 2.24) is 14.5 Å². The molecule has 0 aliphatic carbocycles. The Labute approximate surface area is 86.4 Å². The highest BCUT2D eigenvalue weighted by molar-refractivity contribution is 5.76. The maximum absolute atomic E-state index is 11.3. The van der Waals surface area contributed by atoms with Crippen LogP contribution in [0.2, 0.25) is 0 Å². The summed E-state index contributed by atoms with van der Waals surface area (Å²) in [7, 11) is 1.59. The summed E-state index contributed by atoms with van der Waals surface area (Å²) < 4.78 is 1.35. The first-order chi connectivity index (χ1) is 7.20. The standard InChI is InChI=1S/C8H7N3O2.C2H6/c1-11-6-4-9-3-2-5(6)7(12)10-8(11)13;1-2/h2-4H,1H3,(H,10,12,13);1-2H3. The molecule has 0 radical (unpaired) electrons. The van der Waals surface area contributed by atoms with E-state index in [1.165, 1.54) is 17.0 Å². The van der Waals surface area contributed by atoms with Gasteiger partial charge in [-0.15, -0.1) is 0 Å². The Kier molecular flexibility index (Phi) is 3.38. The van der Waals surface area contributed by atoms with E-state index in [-0.39, 0.29) is 5.56 Å². The Morgan fingerprint density at radius 2 is 2.00 bits per heavy atom. The van der Waals surface area contributed by atoms with Crippen LogP contribution < -0.4 is 11.2 Å². The van der Waals surface area contributed by atoms with Crippen molar-refractivity contribution in [2.75, 3.05) is 0 Å². The van der Waals surface area contributed by atoms with Gasteiger partial charge in [-0.3, -0.25) is 19.3 Å². The summed E-state index contributed by atoms with van der Waals surface area (Å²) in [4.78, 5) is 28.4. The minimum Gasteiger partial charge on any atom is -0.295 e. The SMILES string of the molecule is CC.Cn1c(=O)[nH]c(=O)c2ccncc21. The third-order valence-corrected chi connectivity index (χ3v) is 1.93. The maximum Gasteiger partial charge on any atom is 0.328 e. The number of fused-ring (bicyclic) bond motifs is 1. The third kappa shape index (κ3) is 1.96. The smallest absolute Gasteiger partial charge is 0.295 e. The maximum atomic E-state index is 11.3. The average molecular weight is 207 g/mol. The molecule has 0 atom stereocenters. The van der Waals surface area contributed by atoms with Crippen molar-refractivity contribution in [3.8, 4) is 0 Å². The van der Waals surface area contributed by atoms with E-state index in [1.807, 2.05) is 13.8 Å². The van der Waals surface area contributed by atoms with Gasteiger partial charge in [0.05, 0.1) is 17.1 Å². The van der Waals surface area contributed by atoms with Crippen LogP contribution in [0.5, 0.6) is 0 Å². The molecule has 2 heterocycles. The zero-order chi connectivity index (χ0) is 11.4. The molecule has 0 spiro atoms. The Morgan fingerprint density at radius 1 is 1.33 bits per heavy atom. The van der Waals surface area contributed by atoms with Gasteiger partial charge in [0.2, 0.25) is 0 Å². The molecule has 1 N–H and O–H groups in total. The van der Waals surface area contributed by atoms with E-state index in [9.17, 15) is 9.59 Å². The van der Waals surface area contributed by atoms with Crippen LogP contribution in [0.15, 0.2) is 28.0 Å². The molecular formula is C10H13N3O2. The highest BCUT2D eigenvalue weighted by Crippen LogP contribution is 2.01. The van der Waals surface area contributed by atoms with Crippen molar-refractivity contribution in [2.45, 2.75) is 13.8 Å². The molecule has 0 saturated carbocycles. The number of aromatic amines is 1. The molecule has 0 unspecified atom stereocenters. The molecule has 0 amide bonds. The Balaban J connectivity index is 0.000000531. The lowest BCUT2D eigenvalue weighted by atomic mass is 10.3. The largest absolute Gasteiger partial charge is 0.328 e. The quantitative estimate of drug-likeness (QED) is 0.689. The molecular weight excluding hydrogens is 194 g/mol. The van der Waals surface area contributed by atoms with Crippen molar-refractivity contribution in [3.63, 3.8) is 0 Å². The third-order valence-electron chi connectivity index (χ3n) is 1.93. The second-order valence-corrected chi connectivity index (χ2v) is 2.71. The summed E-state index contributed by atoms with van der Waals surface area (Å²) in [5.74, 6) is 0. The van der Waals surface area contributed by atoms with E-state index >= 15 is 0 Å². The Morgan fingerprint density at radius 3 is 2.67 bits per heavy atom. The summed E-state index contributed by atoms with van der Waals surface area (Å²) in [6.07, 6.45) is 3.01. The van der Waals surface area contributed by atoms with Gasteiger partial charge in [-0.1, -0.05) is 13.8 Å². The van der Waals surface area contributed by atoms with Crippen LogP contribution in [0.25, 0.3) is 10.9 Å². The van der Waals surface area contributed by atoms with Crippen molar-refractivity contribution < 1.29 is 0 Å². The minimum absolute atomic E-state index is 0.375. The van der Waals surface area contributed by atoms with Crippen molar-refractivity contribution in [2.24, 2.45) is 7.05 Å². The highest BCUT2D eigenvalue weighted by Gasteiger charge is 2.02. The number of H-pyrrole nitrogens is 1.